The number of rotatable bonds is 5. The number of amides is 3. The minimum atomic E-state index is -0.424. The number of hydrogen-bond acceptors (Lipinski definition) is 3. The molecule has 4 nitrogen and oxygen atoms in total. The maximum atomic E-state index is 11.8. The second-order valence-electron chi connectivity index (χ2n) is 6.32. The van der Waals surface area contributed by atoms with Crippen LogP contribution in [0.25, 0.3) is 0 Å². The number of aryl methyl sites for hydroxylation is 1. The van der Waals surface area contributed by atoms with Crippen molar-refractivity contribution in [1.82, 2.24) is 10.6 Å². The van der Waals surface area contributed by atoms with Crippen molar-refractivity contribution < 1.29 is 9.59 Å². The Morgan fingerprint density at radius 2 is 1.91 bits per heavy atom. The summed E-state index contributed by atoms with van der Waals surface area (Å²) in [6.07, 6.45) is 0.842. The normalized spacial score (nSPS) is 11.1. The molecule has 2 N–H and O–H groups in total. The average Bonchev–Trinajstić information content (AvgIpc) is 2.43. The third-order valence-electron chi connectivity index (χ3n) is 3.20. The highest BCUT2D eigenvalue weighted by atomic mass is 32.2. The number of nitrogens with one attached hydrogen (secondary N) is 2. The number of thioether (sulfide) groups is 1. The Balaban J connectivity index is 2.60. The smallest absolute Gasteiger partial charge is 0.321 e. The Kier molecular flexibility index (Phi) is 6.94. The maximum absolute atomic E-state index is 11.8. The number of carbonyl (C=O) groups excluding carboxylic acids is 2. The lowest BCUT2D eigenvalue weighted by Crippen LogP contribution is -2.40. The first-order valence-electron chi connectivity index (χ1n) is 7.55. The topological polar surface area (TPSA) is 58.2 Å². The number of benzene rings is 1. The molecule has 0 unspecified atom stereocenters. The summed E-state index contributed by atoms with van der Waals surface area (Å²) in [5, 5.41) is 4.96. The minimum absolute atomic E-state index is 0.0747. The summed E-state index contributed by atoms with van der Waals surface area (Å²) in [5.74, 6) is -0.0484. The van der Waals surface area contributed by atoms with E-state index in [1.807, 2.05) is 13.8 Å². The van der Waals surface area contributed by atoms with Crippen LogP contribution < -0.4 is 10.6 Å². The average molecular weight is 322 g/mol. The van der Waals surface area contributed by atoms with Gasteiger partial charge in [0.1, 0.15) is 0 Å². The van der Waals surface area contributed by atoms with Gasteiger partial charge in [-0.25, -0.2) is 4.79 Å². The molecule has 5 heteroatoms. The third kappa shape index (κ3) is 6.10. The van der Waals surface area contributed by atoms with Gasteiger partial charge in [0.2, 0.25) is 5.91 Å². The Labute approximate surface area is 137 Å². The van der Waals surface area contributed by atoms with Crippen molar-refractivity contribution >= 4 is 23.7 Å². The van der Waals surface area contributed by atoms with E-state index >= 15 is 0 Å². The molecule has 0 aliphatic heterocycles. The first kappa shape index (κ1) is 18.6. The van der Waals surface area contributed by atoms with E-state index in [0.717, 1.165) is 16.9 Å². The molecular formula is C17H26N2O2S. The van der Waals surface area contributed by atoms with E-state index in [2.05, 4.69) is 49.6 Å². The van der Waals surface area contributed by atoms with Crippen molar-refractivity contribution in [3.8, 4) is 0 Å². The molecule has 0 aliphatic carbocycles. The zero-order valence-corrected chi connectivity index (χ0v) is 14.9. The molecule has 0 atom stereocenters. The van der Waals surface area contributed by atoms with Crippen LogP contribution in [0.3, 0.4) is 0 Å². The van der Waals surface area contributed by atoms with Gasteiger partial charge in [-0.05, 0) is 36.0 Å². The highest BCUT2D eigenvalue weighted by molar-refractivity contribution is 8.00. The SMILES string of the molecule is CCCNC(=O)NC(=O)CSc1cc(C(C)(C)C)ccc1C. The lowest BCUT2D eigenvalue weighted by molar-refractivity contribution is -0.117. The van der Waals surface area contributed by atoms with Crippen LogP contribution in [-0.2, 0) is 10.2 Å². The van der Waals surface area contributed by atoms with Gasteiger partial charge in [-0.1, -0.05) is 39.8 Å². The summed E-state index contributed by atoms with van der Waals surface area (Å²) in [5.41, 5.74) is 2.45. The van der Waals surface area contributed by atoms with E-state index in [1.165, 1.54) is 17.3 Å². The molecule has 22 heavy (non-hydrogen) atoms. The second kappa shape index (κ2) is 8.22. The summed E-state index contributed by atoms with van der Waals surface area (Å²) in [7, 11) is 0. The quantitative estimate of drug-likeness (QED) is 0.814. The fraction of sp³-hybridized carbons (Fsp3) is 0.529. The van der Waals surface area contributed by atoms with Gasteiger partial charge in [0.15, 0.2) is 0 Å². The standard InChI is InChI=1S/C17H26N2O2S/c1-6-9-18-16(21)19-15(20)11-22-14-10-13(17(3,4)5)8-7-12(14)2/h7-8,10H,6,9,11H2,1-5H3,(H2,18,19,20,21). The molecule has 122 valence electrons. The highest BCUT2D eigenvalue weighted by Crippen LogP contribution is 2.29. The summed E-state index contributed by atoms with van der Waals surface area (Å²) in [4.78, 5) is 24.3. The predicted octanol–water partition coefficient (Wildman–Crippen LogP) is 3.62. The molecule has 0 spiro atoms. The van der Waals surface area contributed by atoms with Crippen molar-refractivity contribution in [2.75, 3.05) is 12.3 Å². The Morgan fingerprint density at radius 1 is 1.23 bits per heavy atom. The van der Waals surface area contributed by atoms with E-state index in [-0.39, 0.29) is 17.1 Å². The first-order valence-corrected chi connectivity index (χ1v) is 8.54. The molecule has 1 aromatic carbocycles. The zero-order chi connectivity index (χ0) is 16.8. The molecule has 0 heterocycles. The van der Waals surface area contributed by atoms with Crippen molar-refractivity contribution in [3.63, 3.8) is 0 Å². The summed E-state index contributed by atoms with van der Waals surface area (Å²) in [6.45, 7) is 11.0. The molecule has 1 aromatic rings. The number of urea groups is 1. The lowest BCUT2D eigenvalue weighted by Gasteiger charge is -2.20. The van der Waals surface area contributed by atoms with Crippen molar-refractivity contribution in [2.45, 2.75) is 51.3 Å². The van der Waals surface area contributed by atoms with Gasteiger partial charge in [0.25, 0.3) is 0 Å². The number of hydrogen-bond donors (Lipinski definition) is 2. The molecule has 0 fully saturated rings. The van der Waals surface area contributed by atoms with Gasteiger partial charge in [-0.15, -0.1) is 11.8 Å². The molecule has 0 saturated heterocycles. The molecular weight excluding hydrogens is 296 g/mol. The summed E-state index contributed by atoms with van der Waals surface area (Å²) < 4.78 is 0. The predicted molar refractivity (Wildman–Crippen MR) is 92.4 cm³/mol. The number of imide groups is 1. The largest absolute Gasteiger partial charge is 0.338 e. The van der Waals surface area contributed by atoms with Crippen LogP contribution in [0.4, 0.5) is 4.79 Å². The van der Waals surface area contributed by atoms with Crippen molar-refractivity contribution in [1.29, 1.82) is 0 Å². The zero-order valence-electron chi connectivity index (χ0n) is 14.1. The molecule has 0 aliphatic rings. The lowest BCUT2D eigenvalue weighted by atomic mass is 9.87. The summed E-state index contributed by atoms with van der Waals surface area (Å²) in [6, 6.07) is 5.91. The molecule has 1 rings (SSSR count). The fourth-order valence-corrected chi connectivity index (χ4v) is 2.68. The van der Waals surface area contributed by atoms with Crippen LogP contribution in [0.1, 0.15) is 45.2 Å². The third-order valence-corrected chi connectivity index (χ3v) is 4.36. The van der Waals surface area contributed by atoms with Crippen LogP contribution in [0.5, 0.6) is 0 Å². The van der Waals surface area contributed by atoms with Gasteiger partial charge < -0.3 is 5.32 Å². The maximum Gasteiger partial charge on any atom is 0.321 e. The molecule has 0 bridgehead atoms. The van der Waals surface area contributed by atoms with E-state index in [9.17, 15) is 9.59 Å². The van der Waals surface area contributed by atoms with Crippen LogP contribution in [0, 0.1) is 6.92 Å². The molecule has 0 saturated carbocycles. The molecule has 0 radical (unpaired) electrons. The summed E-state index contributed by atoms with van der Waals surface area (Å²) >= 11 is 1.46. The van der Waals surface area contributed by atoms with Crippen LogP contribution in [0.15, 0.2) is 23.1 Å². The van der Waals surface area contributed by atoms with Crippen LogP contribution >= 0.6 is 11.8 Å². The van der Waals surface area contributed by atoms with Crippen molar-refractivity contribution in [3.05, 3.63) is 29.3 Å². The Bertz CT molecular complexity index is 536. The highest BCUT2D eigenvalue weighted by Gasteiger charge is 2.15. The van der Waals surface area contributed by atoms with Gasteiger partial charge >= 0.3 is 6.03 Å². The van der Waals surface area contributed by atoms with E-state index in [4.69, 9.17) is 0 Å². The van der Waals surface area contributed by atoms with E-state index in [1.54, 1.807) is 0 Å². The molecule has 3 amide bonds. The Hall–Kier alpha value is -1.49. The fourth-order valence-electron chi connectivity index (χ4n) is 1.81. The van der Waals surface area contributed by atoms with E-state index in [0.29, 0.717) is 6.54 Å². The second-order valence-corrected chi connectivity index (χ2v) is 7.34. The Morgan fingerprint density at radius 3 is 2.50 bits per heavy atom. The van der Waals surface area contributed by atoms with Crippen LogP contribution in [0.2, 0.25) is 0 Å². The van der Waals surface area contributed by atoms with Gasteiger partial charge in [0, 0.05) is 11.4 Å². The van der Waals surface area contributed by atoms with E-state index < -0.39 is 6.03 Å². The molecule has 0 aromatic heterocycles. The first-order chi connectivity index (χ1) is 10.2. The monoisotopic (exact) mass is 322 g/mol. The van der Waals surface area contributed by atoms with Crippen molar-refractivity contribution in [2.24, 2.45) is 0 Å². The van der Waals surface area contributed by atoms with Gasteiger partial charge in [0.05, 0.1) is 5.75 Å². The van der Waals surface area contributed by atoms with Gasteiger partial charge in [-0.2, -0.15) is 0 Å². The number of carbonyl (C=O) groups is 2. The minimum Gasteiger partial charge on any atom is -0.338 e. The van der Waals surface area contributed by atoms with Crippen LogP contribution in [-0.4, -0.2) is 24.2 Å². The van der Waals surface area contributed by atoms with Gasteiger partial charge in [-0.3, -0.25) is 10.1 Å².